The average Bonchev–Trinajstić information content (AvgIpc) is 2.93. The molecule has 1 saturated heterocycles. The Labute approximate surface area is 136 Å². The number of hydrogen-bond acceptors (Lipinski definition) is 3. The van der Waals surface area contributed by atoms with Gasteiger partial charge in [-0.25, -0.2) is 0 Å². The minimum Gasteiger partial charge on any atom is -0.493 e. The summed E-state index contributed by atoms with van der Waals surface area (Å²) in [5, 5.41) is 8.70. The number of carbonyl (C=O) groups is 2. The third kappa shape index (κ3) is 3.84. The fourth-order valence-electron chi connectivity index (χ4n) is 3.31. The number of aliphatic carboxylic acids is 1. The summed E-state index contributed by atoms with van der Waals surface area (Å²) in [6, 6.07) is 8.23. The first kappa shape index (κ1) is 15.8. The lowest BCUT2D eigenvalue weighted by Gasteiger charge is -2.28. The molecule has 1 N–H and O–H groups in total. The molecular formula is C18H23NO4. The van der Waals surface area contributed by atoms with Gasteiger partial charge in [0.1, 0.15) is 12.2 Å². The number of nitrogens with zero attached hydrogens (tertiary/aromatic N) is 1. The molecule has 0 unspecified atom stereocenters. The number of para-hydroxylation sites is 1. The summed E-state index contributed by atoms with van der Waals surface area (Å²) < 4.78 is 6.03. The van der Waals surface area contributed by atoms with Crippen LogP contribution in [0.4, 0.5) is 0 Å². The quantitative estimate of drug-likeness (QED) is 0.819. The number of likely N-dealkylation sites (tertiary alicyclic amines) is 1. The fraction of sp³-hybridized carbons (Fsp3) is 0.556. The van der Waals surface area contributed by atoms with E-state index >= 15 is 0 Å². The number of amides is 1. The number of carbonyl (C=O) groups excluding carboxylic acids is 1. The number of rotatable bonds is 6. The Balaban J connectivity index is 1.52. The molecule has 1 aromatic rings. The molecule has 1 aliphatic heterocycles. The van der Waals surface area contributed by atoms with E-state index in [1.807, 2.05) is 12.1 Å². The van der Waals surface area contributed by atoms with Crippen molar-refractivity contribution in [3.63, 3.8) is 0 Å². The second kappa shape index (κ2) is 7.02. The minimum absolute atomic E-state index is 0.280. The number of carboxylic acids is 1. The van der Waals surface area contributed by atoms with E-state index in [-0.39, 0.29) is 11.8 Å². The Morgan fingerprint density at radius 3 is 2.70 bits per heavy atom. The summed E-state index contributed by atoms with van der Waals surface area (Å²) in [5.41, 5.74) is 1.30. The molecule has 3 rings (SSSR count). The second-order valence-corrected chi connectivity index (χ2v) is 6.54. The Bertz CT molecular complexity index is 582. The van der Waals surface area contributed by atoms with E-state index in [4.69, 9.17) is 9.84 Å². The van der Waals surface area contributed by atoms with Crippen molar-refractivity contribution >= 4 is 11.9 Å². The molecule has 5 heteroatoms. The molecule has 5 nitrogen and oxygen atoms in total. The standard InChI is InChI=1S/C18H23NO4/c20-17(10-18(21)22)19-9-8-13(11-19)12-23-16-7-2-1-6-15(16)14-4-3-5-14/h1-2,6-7,13-14H,3-5,8-12H2,(H,21,22)/t13-/m0/s1. The molecule has 1 amide bonds. The Kier molecular flexibility index (Phi) is 4.84. The van der Waals surface area contributed by atoms with E-state index in [1.54, 1.807) is 4.90 Å². The van der Waals surface area contributed by atoms with Gasteiger partial charge in [0.05, 0.1) is 6.61 Å². The summed E-state index contributed by atoms with van der Waals surface area (Å²) >= 11 is 0. The van der Waals surface area contributed by atoms with E-state index < -0.39 is 12.4 Å². The number of carboxylic acid groups (broad SMARTS) is 1. The average molecular weight is 317 g/mol. The molecule has 1 aromatic carbocycles. The maximum absolute atomic E-state index is 11.8. The second-order valence-electron chi connectivity index (χ2n) is 6.54. The van der Waals surface area contributed by atoms with Crippen LogP contribution in [0.15, 0.2) is 24.3 Å². The van der Waals surface area contributed by atoms with Crippen molar-refractivity contribution in [1.29, 1.82) is 0 Å². The normalized spacial score (nSPS) is 21.0. The molecule has 2 aliphatic rings. The largest absolute Gasteiger partial charge is 0.493 e. The van der Waals surface area contributed by atoms with E-state index in [0.29, 0.717) is 25.6 Å². The highest BCUT2D eigenvalue weighted by molar-refractivity contribution is 5.93. The van der Waals surface area contributed by atoms with Crippen LogP contribution in [0.25, 0.3) is 0 Å². The number of hydrogen-bond donors (Lipinski definition) is 1. The Morgan fingerprint density at radius 1 is 1.22 bits per heavy atom. The summed E-state index contributed by atoms with van der Waals surface area (Å²) in [7, 11) is 0. The summed E-state index contributed by atoms with van der Waals surface area (Å²) in [5.74, 6) is 0.511. The van der Waals surface area contributed by atoms with Crippen molar-refractivity contribution in [2.45, 2.75) is 38.0 Å². The first-order valence-electron chi connectivity index (χ1n) is 8.35. The Morgan fingerprint density at radius 2 is 2.00 bits per heavy atom. The van der Waals surface area contributed by atoms with Crippen molar-refractivity contribution in [2.24, 2.45) is 5.92 Å². The van der Waals surface area contributed by atoms with Gasteiger partial charge in [-0.3, -0.25) is 9.59 Å². The van der Waals surface area contributed by atoms with Gasteiger partial charge in [0.2, 0.25) is 5.91 Å². The fourth-order valence-corrected chi connectivity index (χ4v) is 3.31. The molecule has 124 valence electrons. The minimum atomic E-state index is -1.07. The number of benzene rings is 1. The van der Waals surface area contributed by atoms with E-state index in [0.717, 1.165) is 12.2 Å². The van der Waals surface area contributed by atoms with E-state index in [9.17, 15) is 9.59 Å². The highest BCUT2D eigenvalue weighted by atomic mass is 16.5. The van der Waals surface area contributed by atoms with Gasteiger partial charge in [0.15, 0.2) is 0 Å². The third-order valence-corrected chi connectivity index (χ3v) is 4.88. The first-order chi connectivity index (χ1) is 11.1. The summed E-state index contributed by atoms with van der Waals surface area (Å²) in [4.78, 5) is 24.0. The zero-order valence-electron chi connectivity index (χ0n) is 13.2. The van der Waals surface area contributed by atoms with Crippen LogP contribution in [0.5, 0.6) is 5.75 Å². The van der Waals surface area contributed by atoms with Gasteiger partial charge in [0, 0.05) is 19.0 Å². The maximum atomic E-state index is 11.8. The molecule has 23 heavy (non-hydrogen) atoms. The van der Waals surface area contributed by atoms with Gasteiger partial charge in [-0.15, -0.1) is 0 Å². The van der Waals surface area contributed by atoms with Crippen LogP contribution in [0, 0.1) is 5.92 Å². The smallest absolute Gasteiger partial charge is 0.312 e. The van der Waals surface area contributed by atoms with Crippen LogP contribution in [-0.2, 0) is 9.59 Å². The van der Waals surface area contributed by atoms with E-state index in [2.05, 4.69) is 12.1 Å². The number of ether oxygens (including phenoxy) is 1. The van der Waals surface area contributed by atoms with Gasteiger partial charge in [-0.05, 0) is 36.8 Å². The molecular weight excluding hydrogens is 294 g/mol. The predicted molar refractivity (Wildman–Crippen MR) is 85.5 cm³/mol. The third-order valence-electron chi connectivity index (χ3n) is 4.88. The van der Waals surface area contributed by atoms with Crippen LogP contribution in [0.3, 0.4) is 0 Å². The molecule has 2 fully saturated rings. The summed E-state index contributed by atoms with van der Waals surface area (Å²) in [6.07, 6.45) is 4.22. The summed E-state index contributed by atoms with van der Waals surface area (Å²) in [6.45, 7) is 1.81. The van der Waals surface area contributed by atoms with Crippen molar-refractivity contribution in [3.05, 3.63) is 29.8 Å². The van der Waals surface area contributed by atoms with E-state index in [1.165, 1.54) is 24.8 Å². The van der Waals surface area contributed by atoms with Gasteiger partial charge < -0.3 is 14.7 Å². The van der Waals surface area contributed by atoms with Crippen molar-refractivity contribution < 1.29 is 19.4 Å². The van der Waals surface area contributed by atoms with Gasteiger partial charge in [0.25, 0.3) is 0 Å². The highest BCUT2D eigenvalue weighted by Crippen LogP contribution is 2.40. The maximum Gasteiger partial charge on any atom is 0.312 e. The van der Waals surface area contributed by atoms with Crippen molar-refractivity contribution in [1.82, 2.24) is 4.90 Å². The predicted octanol–water partition coefficient (Wildman–Crippen LogP) is 2.66. The molecule has 1 aliphatic carbocycles. The van der Waals surface area contributed by atoms with Gasteiger partial charge in [-0.2, -0.15) is 0 Å². The molecule has 0 bridgehead atoms. The van der Waals surface area contributed by atoms with Crippen LogP contribution in [0.1, 0.15) is 43.6 Å². The van der Waals surface area contributed by atoms with Crippen LogP contribution in [0.2, 0.25) is 0 Å². The SMILES string of the molecule is O=C(O)CC(=O)N1CC[C@H](COc2ccccc2C2CCC2)C1. The Hall–Kier alpha value is -2.04. The van der Waals surface area contributed by atoms with Crippen molar-refractivity contribution in [2.75, 3.05) is 19.7 Å². The highest BCUT2D eigenvalue weighted by Gasteiger charge is 2.28. The van der Waals surface area contributed by atoms with Crippen LogP contribution >= 0.6 is 0 Å². The first-order valence-corrected chi connectivity index (χ1v) is 8.35. The van der Waals surface area contributed by atoms with Crippen molar-refractivity contribution in [3.8, 4) is 5.75 Å². The zero-order valence-corrected chi connectivity index (χ0v) is 13.2. The molecule has 1 atom stereocenters. The molecule has 0 spiro atoms. The topological polar surface area (TPSA) is 66.8 Å². The lowest BCUT2D eigenvalue weighted by Crippen LogP contribution is -2.31. The lowest BCUT2D eigenvalue weighted by molar-refractivity contribution is -0.143. The molecule has 1 saturated carbocycles. The monoisotopic (exact) mass is 317 g/mol. The zero-order chi connectivity index (χ0) is 16.2. The molecule has 0 aromatic heterocycles. The molecule has 0 radical (unpaired) electrons. The van der Waals surface area contributed by atoms with Crippen LogP contribution in [-0.4, -0.2) is 41.6 Å². The van der Waals surface area contributed by atoms with Gasteiger partial charge in [-0.1, -0.05) is 24.6 Å². The van der Waals surface area contributed by atoms with Crippen LogP contribution < -0.4 is 4.74 Å². The van der Waals surface area contributed by atoms with Gasteiger partial charge >= 0.3 is 5.97 Å². The molecule has 1 heterocycles. The lowest BCUT2D eigenvalue weighted by atomic mass is 9.80.